The van der Waals surface area contributed by atoms with Gasteiger partial charge in [0.15, 0.2) is 11.2 Å². The van der Waals surface area contributed by atoms with Gasteiger partial charge >= 0.3 is 0 Å². The number of amidine groups is 1. The van der Waals surface area contributed by atoms with Crippen molar-refractivity contribution in [2.75, 3.05) is 11.1 Å². The van der Waals surface area contributed by atoms with E-state index in [2.05, 4.69) is 29.2 Å². The third-order valence-corrected chi connectivity index (χ3v) is 4.43. The fourth-order valence-corrected chi connectivity index (χ4v) is 3.22. The molecular weight excluding hydrogens is 284 g/mol. The average molecular weight is 302 g/mol. The van der Waals surface area contributed by atoms with Crippen molar-refractivity contribution in [3.05, 3.63) is 42.5 Å². The number of hydrogen-bond donors (Lipinski definition) is 2. The number of carbonyl (C=O) groups is 1. The Balaban J connectivity index is 1.99. The quantitative estimate of drug-likeness (QED) is 0.842. The zero-order chi connectivity index (χ0) is 14.8. The first-order chi connectivity index (χ1) is 10.2. The van der Waals surface area contributed by atoms with Crippen molar-refractivity contribution in [1.82, 2.24) is 10.3 Å². The molecular formula is C15H18N4OS. The highest BCUT2D eigenvalue weighted by molar-refractivity contribution is 8.14. The van der Waals surface area contributed by atoms with E-state index in [1.807, 2.05) is 29.3 Å². The SMILES string of the molecule is C=CCSC1=NN2[C@@H](CC)Nc3ccccc3[C@@H]2C(=O)N1. The predicted octanol–water partition coefficient (Wildman–Crippen LogP) is 2.51. The van der Waals surface area contributed by atoms with E-state index in [1.165, 1.54) is 11.8 Å². The number of thioether (sulfide) groups is 1. The van der Waals surface area contributed by atoms with E-state index in [-0.39, 0.29) is 18.1 Å². The zero-order valence-corrected chi connectivity index (χ0v) is 12.7. The number of hydrogen-bond acceptors (Lipinski definition) is 5. The molecule has 21 heavy (non-hydrogen) atoms. The Hall–Kier alpha value is -1.95. The smallest absolute Gasteiger partial charge is 0.255 e. The van der Waals surface area contributed by atoms with Gasteiger partial charge in [0.1, 0.15) is 6.17 Å². The first kappa shape index (κ1) is 14.0. The summed E-state index contributed by atoms with van der Waals surface area (Å²) in [5, 5.41) is 13.5. The van der Waals surface area contributed by atoms with Gasteiger partial charge in [0.2, 0.25) is 0 Å². The molecule has 0 bridgehead atoms. The fraction of sp³-hybridized carbons (Fsp3) is 0.333. The minimum absolute atomic E-state index is 0.0234. The second kappa shape index (κ2) is 5.81. The van der Waals surface area contributed by atoms with Crippen LogP contribution in [-0.2, 0) is 4.79 Å². The van der Waals surface area contributed by atoms with Gasteiger partial charge in [-0.1, -0.05) is 43.0 Å². The highest BCUT2D eigenvalue weighted by Crippen LogP contribution is 2.37. The van der Waals surface area contributed by atoms with Crippen molar-refractivity contribution in [2.24, 2.45) is 5.10 Å². The third kappa shape index (κ3) is 2.51. The van der Waals surface area contributed by atoms with Crippen molar-refractivity contribution in [1.29, 1.82) is 0 Å². The molecule has 0 radical (unpaired) electrons. The summed E-state index contributed by atoms with van der Waals surface area (Å²) in [4.78, 5) is 12.5. The van der Waals surface area contributed by atoms with Crippen LogP contribution in [0.3, 0.4) is 0 Å². The third-order valence-electron chi connectivity index (χ3n) is 3.57. The van der Waals surface area contributed by atoms with Crippen molar-refractivity contribution >= 4 is 28.5 Å². The van der Waals surface area contributed by atoms with Crippen LogP contribution in [0.5, 0.6) is 0 Å². The summed E-state index contributed by atoms with van der Waals surface area (Å²) in [5.41, 5.74) is 1.98. The average Bonchev–Trinajstić information content (AvgIpc) is 2.51. The molecule has 1 aromatic carbocycles. The van der Waals surface area contributed by atoms with Gasteiger partial charge in [0.25, 0.3) is 5.91 Å². The molecule has 2 aliphatic rings. The first-order valence-electron chi connectivity index (χ1n) is 7.01. The normalized spacial score (nSPS) is 23.4. The minimum Gasteiger partial charge on any atom is -0.364 e. The topological polar surface area (TPSA) is 56.7 Å². The molecule has 0 spiro atoms. The van der Waals surface area contributed by atoms with Gasteiger partial charge in [-0.15, -0.1) is 11.7 Å². The van der Waals surface area contributed by atoms with Crippen LogP contribution in [0.15, 0.2) is 42.0 Å². The van der Waals surface area contributed by atoms with Crippen molar-refractivity contribution < 1.29 is 4.79 Å². The molecule has 2 heterocycles. The minimum atomic E-state index is -0.361. The lowest BCUT2D eigenvalue weighted by Gasteiger charge is -2.43. The second-order valence-corrected chi connectivity index (χ2v) is 5.94. The number of para-hydroxylation sites is 1. The molecule has 2 N–H and O–H groups in total. The maximum Gasteiger partial charge on any atom is 0.255 e. The maximum absolute atomic E-state index is 12.5. The van der Waals surface area contributed by atoms with E-state index < -0.39 is 0 Å². The standard InChI is InChI=1S/C15H18N4OS/c1-3-9-21-15-17-14(20)13-10-7-5-6-8-11(10)16-12(4-2)19(13)18-15/h3,5-8,12-13,16H,1,4,9H2,2H3,(H,17,18,20)/t12-,13+/m0/s1. The van der Waals surface area contributed by atoms with E-state index in [9.17, 15) is 4.79 Å². The Labute approximate surface area is 128 Å². The lowest BCUT2D eigenvalue weighted by Crippen LogP contribution is -2.54. The molecule has 1 aromatic rings. The van der Waals surface area contributed by atoms with Crippen molar-refractivity contribution in [2.45, 2.75) is 25.6 Å². The maximum atomic E-state index is 12.5. The number of anilines is 1. The zero-order valence-electron chi connectivity index (χ0n) is 11.9. The molecule has 0 saturated carbocycles. The number of fused-ring (bicyclic) bond motifs is 3. The highest BCUT2D eigenvalue weighted by atomic mass is 32.2. The van der Waals surface area contributed by atoms with Crippen molar-refractivity contribution in [3.8, 4) is 0 Å². The van der Waals surface area contributed by atoms with E-state index in [4.69, 9.17) is 0 Å². The summed E-state index contributed by atoms with van der Waals surface area (Å²) >= 11 is 1.48. The number of amides is 1. The molecule has 0 aromatic heterocycles. The van der Waals surface area contributed by atoms with E-state index in [0.29, 0.717) is 5.17 Å². The van der Waals surface area contributed by atoms with E-state index in [0.717, 1.165) is 23.4 Å². The Kier molecular flexibility index (Phi) is 3.88. The van der Waals surface area contributed by atoms with Crippen LogP contribution in [0.25, 0.3) is 0 Å². The highest BCUT2D eigenvalue weighted by Gasteiger charge is 2.40. The number of carbonyl (C=O) groups excluding carboxylic acids is 1. The molecule has 0 unspecified atom stereocenters. The van der Waals surface area contributed by atoms with Crippen LogP contribution in [0.2, 0.25) is 0 Å². The van der Waals surface area contributed by atoms with Gasteiger partial charge in [0, 0.05) is 17.0 Å². The molecule has 0 fully saturated rings. The molecule has 5 nitrogen and oxygen atoms in total. The van der Waals surface area contributed by atoms with Crippen LogP contribution in [0.4, 0.5) is 5.69 Å². The summed E-state index contributed by atoms with van der Waals surface area (Å²) in [6.07, 6.45) is 2.68. The summed E-state index contributed by atoms with van der Waals surface area (Å²) in [5.74, 6) is 0.697. The summed E-state index contributed by atoms with van der Waals surface area (Å²) in [6, 6.07) is 7.55. The fourth-order valence-electron chi connectivity index (χ4n) is 2.62. The van der Waals surface area contributed by atoms with Crippen LogP contribution in [0.1, 0.15) is 24.9 Å². The van der Waals surface area contributed by atoms with E-state index >= 15 is 0 Å². The summed E-state index contributed by atoms with van der Waals surface area (Å²) in [7, 11) is 0. The van der Waals surface area contributed by atoms with Crippen LogP contribution in [0, 0.1) is 0 Å². The lowest BCUT2D eigenvalue weighted by molar-refractivity contribution is -0.127. The van der Waals surface area contributed by atoms with Crippen molar-refractivity contribution in [3.63, 3.8) is 0 Å². The number of benzene rings is 1. The lowest BCUT2D eigenvalue weighted by atomic mass is 9.99. The van der Waals surface area contributed by atoms with Gasteiger partial charge in [-0.3, -0.25) is 9.80 Å². The summed E-state index contributed by atoms with van der Waals surface area (Å²) < 4.78 is 0. The predicted molar refractivity (Wildman–Crippen MR) is 87.0 cm³/mol. The molecule has 2 atom stereocenters. The van der Waals surface area contributed by atoms with Crippen LogP contribution >= 0.6 is 11.8 Å². The Morgan fingerprint density at radius 3 is 3.05 bits per heavy atom. The van der Waals surface area contributed by atoms with Crippen LogP contribution < -0.4 is 10.6 Å². The summed E-state index contributed by atoms with van der Waals surface area (Å²) in [6.45, 7) is 5.78. The number of nitrogens with one attached hydrogen (secondary N) is 2. The molecule has 3 rings (SSSR count). The molecule has 2 aliphatic heterocycles. The first-order valence-corrected chi connectivity index (χ1v) is 8.00. The Bertz CT molecular complexity index is 601. The largest absolute Gasteiger partial charge is 0.364 e. The molecule has 0 saturated heterocycles. The monoisotopic (exact) mass is 302 g/mol. The van der Waals surface area contributed by atoms with Gasteiger partial charge in [0.05, 0.1) is 0 Å². The van der Waals surface area contributed by atoms with E-state index in [1.54, 1.807) is 6.08 Å². The Morgan fingerprint density at radius 1 is 1.48 bits per heavy atom. The molecule has 6 heteroatoms. The number of rotatable bonds is 3. The molecule has 1 amide bonds. The Morgan fingerprint density at radius 2 is 2.29 bits per heavy atom. The molecule has 0 aliphatic carbocycles. The van der Waals surface area contributed by atoms with Gasteiger partial charge in [-0.2, -0.15) is 0 Å². The van der Waals surface area contributed by atoms with Crippen LogP contribution in [-0.4, -0.2) is 28.0 Å². The molecule has 110 valence electrons. The van der Waals surface area contributed by atoms with Gasteiger partial charge in [-0.05, 0) is 12.5 Å². The van der Waals surface area contributed by atoms with Gasteiger partial charge < -0.3 is 10.6 Å². The second-order valence-electron chi connectivity index (χ2n) is 4.93. The van der Waals surface area contributed by atoms with Gasteiger partial charge in [-0.25, -0.2) is 0 Å². The number of hydrazone groups is 1. The number of nitrogens with zero attached hydrogens (tertiary/aromatic N) is 2.